The first-order chi connectivity index (χ1) is 21.7. The van der Waals surface area contributed by atoms with E-state index >= 15 is 4.39 Å². The molecular weight excluding hydrogens is 658 g/mol. The molecule has 4 aromatic rings. The molecule has 3 aromatic heterocycles. The molecule has 0 radical (unpaired) electrons. The minimum absolute atomic E-state index is 0.0248. The van der Waals surface area contributed by atoms with Gasteiger partial charge in [0.05, 0.1) is 54.8 Å². The summed E-state index contributed by atoms with van der Waals surface area (Å²) in [6.45, 7) is 9.84. The Bertz CT molecular complexity index is 1960. The van der Waals surface area contributed by atoms with Crippen molar-refractivity contribution in [3.8, 4) is 23.0 Å². The van der Waals surface area contributed by atoms with Crippen molar-refractivity contribution < 1.29 is 14.3 Å². The van der Waals surface area contributed by atoms with Gasteiger partial charge in [-0.1, -0.05) is 62.5 Å². The smallest absolute Gasteiger partial charge is 0.407 e. The molecule has 1 aliphatic heterocycles. The number of fused-ring (bicyclic) bond motifs is 1. The fourth-order valence-electron chi connectivity index (χ4n) is 5.85. The van der Waals surface area contributed by atoms with Gasteiger partial charge in [0.2, 0.25) is 0 Å². The third kappa shape index (κ3) is 5.46. The van der Waals surface area contributed by atoms with Gasteiger partial charge >= 0.3 is 6.09 Å². The zero-order valence-electron chi connectivity index (χ0n) is 25.6. The van der Waals surface area contributed by atoms with Crippen LogP contribution < -0.4 is 16.2 Å². The van der Waals surface area contributed by atoms with Crippen LogP contribution in [0.4, 0.5) is 20.6 Å². The largest absolute Gasteiger partial charge is 0.465 e. The molecule has 0 unspecified atom stereocenters. The normalized spacial score (nSPS) is 15.2. The highest BCUT2D eigenvalue weighted by Crippen LogP contribution is 2.43. The summed E-state index contributed by atoms with van der Waals surface area (Å²) in [4.78, 5) is 43.2. The van der Waals surface area contributed by atoms with Gasteiger partial charge in [-0.25, -0.2) is 24.1 Å². The van der Waals surface area contributed by atoms with Crippen LogP contribution in [0.1, 0.15) is 63.4 Å². The standard InChI is InChI=1S/C31H30Cl3FN8O3/c1-13(2)24-28(25(14(3)4)39-12-38-24)43-29-16(8-20(34)26(40-29)21-22(35)18(32)9-19(33)23(21)37)27(17(10-36)30(43)44)41-6-7-42(31(45)46)15(5)11-41/h8-9,12-15H,6-7,11,37H2,1-5H3,(H,45,46)/t15-/m1/s1. The zero-order chi connectivity index (χ0) is 33.8. The van der Waals surface area contributed by atoms with Crippen molar-refractivity contribution in [1.82, 2.24) is 24.4 Å². The molecule has 0 spiro atoms. The number of nitrogens with two attached hydrogens (primary N) is 1. The fraction of sp³-hybridized carbons (Fsp3) is 0.355. The number of anilines is 2. The Morgan fingerprint density at radius 2 is 1.70 bits per heavy atom. The Morgan fingerprint density at radius 3 is 2.24 bits per heavy atom. The Balaban J connectivity index is 1.98. The Kier molecular flexibility index (Phi) is 9.05. The van der Waals surface area contributed by atoms with Gasteiger partial charge in [0, 0.05) is 31.1 Å². The van der Waals surface area contributed by atoms with E-state index in [1.807, 2.05) is 27.7 Å². The van der Waals surface area contributed by atoms with Gasteiger partial charge in [0.25, 0.3) is 5.56 Å². The van der Waals surface area contributed by atoms with Crippen LogP contribution in [0.25, 0.3) is 28.0 Å². The van der Waals surface area contributed by atoms with Gasteiger partial charge in [-0.3, -0.25) is 9.36 Å². The number of rotatable bonds is 5. The summed E-state index contributed by atoms with van der Waals surface area (Å²) in [5, 5.41) is 20.0. The molecule has 1 atom stereocenters. The molecule has 3 N–H and O–H groups in total. The van der Waals surface area contributed by atoms with Crippen LogP contribution in [-0.4, -0.2) is 61.3 Å². The van der Waals surface area contributed by atoms with Crippen molar-refractivity contribution >= 4 is 63.3 Å². The number of nitrogens with zero attached hydrogens (tertiary/aromatic N) is 7. The van der Waals surface area contributed by atoms with Crippen LogP contribution in [0.2, 0.25) is 15.1 Å². The van der Waals surface area contributed by atoms with Gasteiger partial charge in [-0.2, -0.15) is 5.26 Å². The van der Waals surface area contributed by atoms with E-state index in [1.165, 1.54) is 27.9 Å². The highest BCUT2D eigenvalue weighted by atomic mass is 35.5. The van der Waals surface area contributed by atoms with E-state index < -0.39 is 23.5 Å². The van der Waals surface area contributed by atoms with Crippen LogP contribution >= 0.6 is 34.8 Å². The number of benzene rings is 1. The number of hydrogen-bond acceptors (Lipinski definition) is 8. The quantitative estimate of drug-likeness (QED) is 0.170. The molecule has 1 saturated heterocycles. The lowest BCUT2D eigenvalue weighted by Gasteiger charge is -2.40. The number of pyridine rings is 2. The first-order valence-corrected chi connectivity index (χ1v) is 15.5. The number of hydrogen-bond donors (Lipinski definition) is 2. The van der Waals surface area contributed by atoms with E-state index in [0.717, 1.165) is 0 Å². The average Bonchev–Trinajstić information content (AvgIpc) is 2.99. The number of nitrogen functional groups attached to an aromatic ring is 1. The molecule has 46 heavy (non-hydrogen) atoms. The first kappa shape index (κ1) is 33.2. The highest BCUT2D eigenvalue weighted by molar-refractivity contribution is 6.38. The predicted molar refractivity (Wildman–Crippen MR) is 177 cm³/mol. The second-order valence-electron chi connectivity index (χ2n) is 11.7. The van der Waals surface area contributed by atoms with E-state index in [0.29, 0.717) is 22.5 Å². The number of carbonyl (C=O) groups is 1. The second-order valence-corrected chi connectivity index (χ2v) is 12.9. The fourth-order valence-corrected chi connectivity index (χ4v) is 6.56. The van der Waals surface area contributed by atoms with E-state index in [4.69, 9.17) is 45.5 Å². The number of halogens is 4. The Hall–Kier alpha value is -4.18. The van der Waals surface area contributed by atoms with Crippen molar-refractivity contribution in [3.05, 3.63) is 66.7 Å². The molecule has 11 nitrogen and oxygen atoms in total. The number of nitriles is 1. The molecule has 1 aliphatic rings. The van der Waals surface area contributed by atoms with Crippen LogP contribution in [0.15, 0.2) is 23.3 Å². The maximum absolute atomic E-state index is 15.6. The van der Waals surface area contributed by atoms with Crippen molar-refractivity contribution in [1.29, 1.82) is 5.26 Å². The minimum Gasteiger partial charge on any atom is -0.465 e. The molecule has 5 rings (SSSR count). The molecule has 1 aromatic carbocycles. The molecule has 0 saturated carbocycles. The third-order valence-corrected chi connectivity index (χ3v) is 8.90. The lowest BCUT2D eigenvalue weighted by molar-refractivity contribution is 0.123. The summed E-state index contributed by atoms with van der Waals surface area (Å²) < 4.78 is 16.9. The topological polar surface area (TPSA) is 154 Å². The van der Waals surface area contributed by atoms with E-state index in [2.05, 4.69) is 16.0 Å². The number of carboxylic acid groups (broad SMARTS) is 1. The molecule has 1 fully saturated rings. The van der Waals surface area contributed by atoms with Crippen LogP contribution in [0.5, 0.6) is 0 Å². The SMILES string of the molecule is CC(C)c1ncnc(C(C)C)c1-n1c(=O)c(C#N)c(N2CCN(C(=O)O)[C@H](C)C2)c2cc(Cl)c(-c3c(N)c(Cl)cc(Cl)c3F)nc21. The molecule has 15 heteroatoms. The van der Waals surface area contributed by atoms with Crippen molar-refractivity contribution in [2.45, 2.75) is 52.5 Å². The first-order valence-electron chi connectivity index (χ1n) is 14.4. The molecule has 0 bridgehead atoms. The van der Waals surface area contributed by atoms with E-state index in [-0.39, 0.29) is 80.4 Å². The van der Waals surface area contributed by atoms with Crippen molar-refractivity contribution in [3.63, 3.8) is 0 Å². The summed E-state index contributed by atoms with van der Waals surface area (Å²) in [6.07, 6.45) is 0.345. The van der Waals surface area contributed by atoms with E-state index in [1.54, 1.807) is 11.8 Å². The summed E-state index contributed by atoms with van der Waals surface area (Å²) >= 11 is 19.2. The lowest BCUT2D eigenvalue weighted by atomic mass is 10.00. The maximum atomic E-state index is 15.6. The van der Waals surface area contributed by atoms with Gasteiger partial charge in [-0.05, 0) is 30.9 Å². The van der Waals surface area contributed by atoms with Crippen LogP contribution in [0.3, 0.4) is 0 Å². The summed E-state index contributed by atoms with van der Waals surface area (Å²) in [5.74, 6) is -1.27. The van der Waals surface area contributed by atoms with Crippen LogP contribution in [0, 0.1) is 17.1 Å². The van der Waals surface area contributed by atoms with Crippen molar-refractivity contribution in [2.24, 2.45) is 0 Å². The van der Waals surface area contributed by atoms with Crippen molar-refractivity contribution in [2.75, 3.05) is 30.3 Å². The lowest BCUT2D eigenvalue weighted by Crippen LogP contribution is -2.54. The number of amides is 1. The Morgan fingerprint density at radius 1 is 1.07 bits per heavy atom. The van der Waals surface area contributed by atoms with Gasteiger partial charge in [-0.15, -0.1) is 0 Å². The summed E-state index contributed by atoms with van der Waals surface area (Å²) in [6, 6.07) is 4.26. The number of piperazine rings is 1. The average molecular weight is 688 g/mol. The maximum Gasteiger partial charge on any atom is 0.407 e. The molecule has 4 heterocycles. The van der Waals surface area contributed by atoms with Gasteiger partial charge in [0.15, 0.2) is 5.82 Å². The molecule has 240 valence electrons. The predicted octanol–water partition coefficient (Wildman–Crippen LogP) is 6.83. The van der Waals surface area contributed by atoms with Crippen LogP contribution in [-0.2, 0) is 0 Å². The Labute approximate surface area is 278 Å². The highest BCUT2D eigenvalue weighted by Gasteiger charge is 2.33. The molecular formula is C31H30Cl3FN8O3. The third-order valence-electron chi connectivity index (χ3n) is 8.02. The monoisotopic (exact) mass is 686 g/mol. The summed E-state index contributed by atoms with van der Waals surface area (Å²) in [5.41, 5.74) is 6.41. The number of aromatic nitrogens is 4. The molecule has 1 amide bonds. The second kappa shape index (κ2) is 12.5. The summed E-state index contributed by atoms with van der Waals surface area (Å²) in [7, 11) is 0. The molecule has 0 aliphatic carbocycles. The zero-order valence-corrected chi connectivity index (χ0v) is 27.8. The minimum atomic E-state index is -1.08. The van der Waals surface area contributed by atoms with Gasteiger partial charge < -0.3 is 20.6 Å². The van der Waals surface area contributed by atoms with Gasteiger partial charge in [0.1, 0.15) is 23.6 Å². The van der Waals surface area contributed by atoms with E-state index in [9.17, 15) is 20.0 Å².